The molecule has 0 saturated heterocycles. The number of hydrogen-bond acceptors (Lipinski definition) is 5. The maximum absolute atomic E-state index is 6.35. The van der Waals surface area contributed by atoms with Gasteiger partial charge in [0.2, 0.25) is 5.95 Å². The maximum atomic E-state index is 6.35. The summed E-state index contributed by atoms with van der Waals surface area (Å²) in [5.41, 5.74) is 4.06. The van der Waals surface area contributed by atoms with Gasteiger partial charge in [-0.1, -0.05) is 49.2 Å². The second-order valence-electron chi connectivity index (χ2n) is 7.97. The molecule has 2 aromatic carbocycles. The van der Waals surface area contributed by atoms with Gasteiger partial charge in [-0.15, -0.1) is 0 Å². The van der Waals surface area contributed by atoms with E-state index in [0.29, 0.717) is 21.9 Å². The lowest BCUT2D eigenvalue weighted by molar-refractivity contribution is 0.413. The lowest BCUT2D eigenvalue weighted by atomic mass is 9.81. The zero-order valence-corrected chi connectivity index (χ0v) is 19.7. The van der Waals surface area contributed by atoms with Gasteiger partial charge in [-0.05, 0) is 42.8 Å². The molecule has 2 aromatic heterocycles. The molecule has 0 aliphatic rings. The fraction of sp³-hybridized carbons (Fsp3) is 0.208. The van der Waals surface area contributed by atoms with Crippen molar-refractivity contribution < 1.29 is 4.74 Å². The quantitative estimate of drug-likeness (QED) is 0.334. The van der Waals surface area contributed by atoms with E-state index in [2.05, 4.69) is 29.1 Å². The van der Waals surface area contributed by atoms with Gasteiger partial charge in [0.25, 0.3) is 0 Å². The summed E-state index contributed by atoms with van der Waals surface area (Å²) in [6, 6.07) is 15.3. The number of hydrogen-bond donors (Lipinski definition) is 1. The van der Waals surface area contributed by atoms with Crippen LogP contribution in [-0.2, 0) is 5.41 Å². The number of anilines is 2. The number of aromatic nitrogens is 4. The molecule has 0 saturated carbocycles. The van der Waals surface area contributed by atoms with E-state index in [1.54, 1.807) is 19.5 Å². The molecule has 4 aromatic rings. The lowest BCUT2D eigenvalue weighted by Crippen LogP contribution is -2.21. The van der Waals surface area contributed by atoms with Crippen molar-refractivity contribution in [1.82, 2.24) is 19.5 Å². The zero-order valence-electron chi connectivity index (χ0n) is 18.2. The number of methoxy groups -OCH3 is 1. The molecular formula is C24H23Cl2N5O. The monoisotopic (exact) mass is 467 g/mol. The van der Waals surface area contributed by atoms with Crippen LogP contribution in [0.3, 0.4) is 0 Å². The van der Waals surface area contributed by atoms with Gasteiger partial charge >= 0.3 is 0 Å². The van der Waals surface area contributed by atoms with Crippen LogP contribution in [0.15, 0.2) is 61.1 Å². The molecule has 0 bridgehead atoms. The van der Waals surface area contributed by atoms with Crippen molar-refractivity contribution >= 4 is 34.8 Å². The van der Waals surface area contributed by atoms with Gasteiger partial charge in [0, 0.05) is 28.4 Å². The Morgan fingerprint density at radius 2 is 1.75 bits per heavy atom. The predicted octanol–water partition coefficient (Wildman–Crippen LogP) is 6.36. The van der Waals surface area contributed by atoms with E-state index in [4.69, 9.17) is 32.9 Å². The summed E-state index contributed by atoms with van der Waals surface area (Å²) in [5.74, 6) is 1.10. The summed E-state index contributed by atoms with van der Waals surface area (Å²) in [7, 11) is 1.63. The first-order valence-corrected chi connectivity index (χ1v) is 10.8. The Morgan fingerprint density at radius 1 is 1.00 bits per heavy atom. The molecule has 164 valence electrons. The number of aryl methyl sites for hydroxylation is 1. The number of benzene rings is 2. The van der Waals surface area contributed by atoms with Crippen LogP contribution < -0.4 is 10.1 Å². The molecular weight excluding hydrogens is 445 g/mol. The number of nitrogens with one attached hydrogen (secondary N) is 1. The molecule has 4 rings (SSSR count). The predicted molar refractivity (Wildman–Crippen MR) is 129 cm³/mol. The highest BCUT2D eigenvalue weighted by molar-refractivity contribution is 6.30. The van der Waals surface area contributed by atoms with Gasteiger partial charge in [0.1, 0.15) is 10.9 Å². The first-order chi connectivity index (χ1) is 15.3. The normalized spacial score (nSPS) is 11.4. The van der Waals surface area contributed by atoms with Crippen molar-refractivity contribution in [3.63, 3.8) is 0 Å². The van der Waals surface area contributed by atoms with Crippen LogP contribution in [0, 0.1) is 6.92 Å². The minimum Gasteiger partial charge on any atom is -0.494 e. The smallest absolute Gasteiger partial charge is 0.228 e. The summed E-state index contributed by atoms with van der Waals surface area (Å²) in [4.78, 5) is 13.4. The van der Waals surface area contributed by atoms with Crippen LogP contribution >= 0.6 is 23.2 Å². The summed E-state index contributed by atoms with van der Waals surface area (Å²) in [6.45, 7) is 6.12. The van der Waals surface area contributed by atoms with E-state index < -0.39 is 5.41 Å². The Kier molecular flexibility index (Phi) is 6.09. The third kappa shape index (κ3) is 4.56. The Morgan fingerprint density at radius 3 is 2.41 bits per heavy atom. The summed E-state index contributed by atoms with van der Waals surface area (Å²) in [5, 5.41) is 4.29. The lowest BCUT2D eigenvalue weighted by Gasteiger charge is -2.25. The van der Waals surface area contributed by atoms with Crippen LogP contribution in [0.25, 0.3) is 5.69 Å². The van der Waals surface area contributed by atoms with Gasteiger partial charge < -0.3 is 14.6 Å². The van der Waals surface area contributed by atoms with Crippen LogP contribution in [-0.4, -0.2) is 26.6 Å². The minimum absolute atomic E-state index is 0.358. The standard InChI is InChI=1S/C24H23Cl2N5O/c1-15-13-31(14-27-15)19-10-9-18(11-20(19)32-4)28-23-29-21(12-22(26)30-23)24(2,3)16-5-7-17(25)8-6-16/h5-14H,1-4H3,(H,28,29,30). The molecule has 0 spiro atoms. The van der Waals surface area contributed by atoms with Crippen molar-refractivity contribution in [3.05, 3.63) is 88.2 Å². The van der Waals surface area contributed by atoms with Gasteiger partial charge in [0.05, 0.1) is 30.5 Å². The number of nitrogens with zero attached hydrogens (tertiary/aromatic N) is 4. The molecule has 8 heteroatoms. The van der Waals surface area contributed by atoms with Gasteiger partial charge in [-0.25, -0.2) is 15.0 Å². The third-order valence-electron chi connectivity index (χ3n) is 5.33. The Labute approximate surface area is 197 Å². The van der Waals surface area contributed by atoms with Crippen molar-refractivity contribution in [2.24, 2.45) is 0 Å². The molecule has 0 unspecified atom stereocenters. The van der Waals surface area contributed by atoms with E-state index in [9.17, 15) is 0 Å². The zero-order chi connectivity index (χ0) is 22.9. The Balaban J connectivity index is 1.65. The molecule has 32 heavy (non-hydrogen) atoms. The minimum atomic E-state index is -0.394. The summed E-state index contributed by atoms with van der Waals surface area (Å²) < 4.78 is 7.51. The second-order valence-corrected chi connectivity index (χ2v) is 8.79. The fourth-order valence-corrected chi connectivity index (χ4v) is 3.77. The molecule has 1 N–H and O–H groups in total. The van der Waals surface area contributed by atoms with Crippen LogP contribution in [0.4, 0.5) is 11.6 Å². The third-order valence-corrected chi connectivity index (χ3v) is 5.77. The molecule has 0 aliphatic heterocycles. The van der Waals surface area contributed by atoms with Gasteiger partial charge in [0.15, 0.2) is 0 Å². The van der Waals surface area contributed by atoms with E-state index in [1.165, 1.54) is 0 Å². The SMILES string of the molecule is COc1cc(Nc2nc(Cl)cc(C(C)(C)c3ccc(Cl)cc3)n2)ccc1-n1cnc(C)c1. The van der Waals surface area contributed by atoms with Crippen LogP contribution in [0.5, 0.6) is 5.75 Å². The molecule has 0 radical (unpaired) electrons. The molecule has 0 atom stereocenters. The molecule has 0 fully saturated rings. The highest BCUT2D eigenvalue weighted by Crippen LogP contribution is 2.33. The average Bonchev–Trinajstić information content (AvgIpc) is 3.19. The molecule has 2 heterocycles. The maximum Gasteiger partial charge on any atom is 0.228 e. The van der Waals surface area contributed by atoms with Crippen LogP contribution in [0.1, 0.15) is 30.8 Å². The summed E-state index contributed by atoms with van der Waals surface area (Å²) >= 11 is 12.4. The number of halogens is 2. The average molecular weight is 468 g/mol. The summed E-state index contributed by atoms with van der Waals surface area (Å²) in [6.07, 6.45) is 3.70. The number of imidazole rings is 1. The Hall–Kier alpha value is -3.09. The molecule has 0 aliphatic carbocycles. The van der Waals surface area contributed by atoms with Crippen LogP contribution in [0.2, 0.25) is 10.2 Å². The largest absolute Gasteiger partial charge is 0.494 e. The van der Waals surface area contributed by atoms with Crippen molar-refractivity contribution in [1.29, 1.82) is 0 Å². The van der Waals surface area contributed by atoms with E-state index in [1.807, 2.05) is 60.2 Å². The Bertz CT molecular complexity index is 1250. The van der Waals surface area contributed by atoms with E-state index >= 15 is 0 Å². The highest BCUT2D eigenvalue weighted by Gasteiger charge is 2.26. The number of ether oxygens (including phenoxy) is 1. The second kappa shape index (κ2) is 8.81. The van der Waals surface area contributed by atoms with Gasteiger partial charge in [-0.2, -0.15) is 0 Å². The van der Waals surface area contributed by atoms with E-state index in [-0.39, 0.29) is 0 Å². The first-order valence-electron chi connectivity index (χ1n) is 10.0. The van der Waals surface area contributed by atoms with Crippen molar-refractivity contribution in [2.75, 3.05) is 12.4 Å². The molecule has 6 nitrogen and oxygen atoms in total. The van der Waals surface area contributed by atoms with Gasteiger partial charge in [-0.3, -0.25) is 0 Å². The topological polar surface area (TPSA) is 64.9 Å². The highest BCUT2D eigenvalue weighted by atomic mass is 35.5. The first kappa shape index (κ1) is 22.1. The fourth-order valence-electron chi connectivity index (χ4n) is 3.46. The number of rotatable bonds is 6. The van der Waals surface area contributed by atoms with Crippen molar-refractivity contribution in [2.45, 2.75) is 26.2 Å². The van der Waals surface area contributed by atoms with Crippen molar-refractivity contribution in [3.8, 4) is 11.4 Å². The molecule has 0 amide bonds. The van der Waals surface area contributed by atoms with E-state index in [0.717, 1.165) is 28.3 Å².